The fourth-order valence-corrected chi connectivity index (χ4v) is 3.16. The largest absolute Gasteiger partial charge is 0.389 e. The number of hydrogen-bond acceptors (Lipinski definition) is 3. The molecule has 3 rings (SSSR count). The van der Waals surface area contributed by atoms with Crippen molar-refractivity contribution in [3.63, 3.8) is 0 Å². The topological polar surface area (TPSA) is 47.3 Å². The molecule has 2 aliphatic rings. The van der Waals surface area contributed by atoms with E-state index in [1.807, 2.05) is 12.1 Å². The number of nitrogens with one attached hydrogen (secondary N) is 1. The summed E-state index contributed by atoms with van der Waals surface area (Å²) in [5.74, 6) is 0. The summed E-state index contributed by atoms with van der Waals surface area (Å²) in [6, 6.07) is 6.55. The third-order valence-corrected chi connectivity index (χ3v) is 4.11. The molecule has 0 saturated carbocycles. The van der Waals surface area contributed by atoms with Crippen LogP contribution in [0, 0.1) is 6.92 Å². The molecule has 0 amide bonds. The quantitative estimate of drug-likeness (QED) is 0.821. The highest BCUT2D eigenvalue weighted by molar-refractivity contribution is 7.80. The molecule has 2 heterocycles. The summed E-state index contributed by atoms with van der Waals surface area (Å²) in [4.78, 5) is 0.446. The molecule has 1 aromatic rings. The number of anilines is 1. The van der Waals surface area contributed by atoms with Crippen LogP contribution in [0.4, 0.5) is 5.69 Å². The van der Waals surface area contributed by atoms with Gasteiger partial charge in [0, 0.05) is 11.3 Å². The SMILES string of the molecule is Cc1ccc(C(N)=S)c(NC2CC3CCC2O3)c1. The van der Waals surface area contributed by atoms with Gasteiger partial charge in [-0.05, 0) is 43.9 Å². The van der Waals surface area contributed by atoms with Gasteiger partial charge in [-0.2, -0.15) is 0 Å². The molecule has 0 radical (unpaired) electrons. The maximum absolute atomic E-state index is 5.86. The first-order valence-corrected chi connectivity index (χ1v) is 6.87. The van der Waals surface area contributed by atoms with E-state index in [2.05, 4.69) is 18.3 Å². The monoisotopic (exact) mass is 262 g/mol. The highest BCUT2D eigenvalue weighted by Crippen LogP contribution is 2.36. The summed E-state index contributed by atoms with van der Waals surface area (Å²) in [6.07, 6.45) is 4.27. The average Bonchev–Trinajstić information content (AvgIpc) is 2.90. The average molecular weight is 262 g/mol. The first-order chi connectivity index (χ1) is 8.63. The van der Waals surface area contributed by atoms with Crippen molar-refractivity contribution in [3.05, 3.63) is 29.3 Å². The second-order valence-electron chi connectivity index (χ2n) is 5.27. The van der Waals surface area contributed by atoms with Crippen LogP contribution in [0.3, 0.4) is 0 Å². The van der Waals surface area contributed by atoms with Crippen LogP contribution >= 0.6 is 12.2 Å². The molecule has 1 aromatic carbocycles. The van der Waals surface area contributed by atoms with Crippen LogP contribution in [0.2, 0.25) is 0 Å². The van der Waals surface area contributed by atoms with E-state index in [0.29, 0.717) is 23.2 Å². The van der Waals surface area contributed by atoms with Gasteiger partial charge in [0.15, 0.2) is 0 Å². The van der Waals surface area contributed by atoms with Crippen molar-refractivity contribution in [3.8, 4) is 0 Å². The van der Waals surface area contributed by atoms with Gasteiger partial charge < -0.3 is 15.8 Å². The lowest BCUT2D eigenvalue weighted by Crippen LogP contribution is -2.31. The summed E-state index contributed by atoms with van der Waals surface area (Å²) in [5, 5.41) is 3.57. The molecule has 2 fully saturated rings. The number of thiocarbonyl (C=S) groups is 1. The summed E-state index contributed by atoms with van der Waals surface area (Å²) in [7, 11) is 0. The minimum atomic E-state index is 0.356. The molecule has 0 aromatic heterocycles. The summed E-state index contributed by atoms with van der Waals surface area (Å²) in [6.45, 7) is 2.08. The van der Waals surface area contributed by atoms with E-state index in [1.165, 1.54) is 12.0 Å². The molecule has 2 aliphatic heterocycles. The van der Waals surface area contributed by atoms with Crippen LogP contribution in [0.25, 0.3) is 0 Å². The lowest BCUT2D eigenvalue weighted by molar-refractivity contribution is 0.102. The van der Waals surface area contributed by atoms with E-state index in [4.69, 9.17) is 22.7 Å². The van der Waals surface area contributed by atoms with Gasteiger partial charge in [-0.1, -0.05) is 18.3 Å². The fraction of sp³-hybridized carbons (Fsp3) is 0.500. The predicted octanol–water partition coefficient (Wildman–Crippen LogP) is 2.36. The molecule has 3 nitrogen and oxygen atoms in total. The van der Waals surface area contributed by atoms with Crippen LogP contribution < -0.4 is 11.1 Å². The number of fused-ring (bicyclic) bond motifs is 2. The molecule has 3 atom stereocenters. The molecule has 2 bridgehead atoms. The van der Waals surface area contributed by atoms with Crippen LogP contribution in [-0.2, 0) is 4.74 Å². The smallest absolute Gasteiger partial charge is 0.106 e. The van der Waals surface area contributed by atoms with E-state index < -0.39 is 0 Å². The lowest BCUT2D eigenvalue weighted by Gasteiger charge is -2.23. The molecule has 0 aliphatic carbocycles. The summed E-state index contributed by atoms with van der Waals surface area (Å²) >= 11 is 5.11. The zero-order valence-corrected chi connectivity index (χ0v) is 11.3. The Kier molecular flexibility index (Phi) is 2.99. The van der Waals surface area contributed by atoms with Gasteiger partial charge in [0.05, 0.1) is 18.2 Å². The van der Waals surface area contributed by atoms with Gasteiger partial charge in [0.25, 0.3) is 0 Å². The van der Waals surface area contributed by atoms with Gasteiger partial charge in [-0.25, -0.2) is 0 Å². The van der Waals surface area contributed by atoms with Crippen molar-refractivity contribution in [2.45, 2.75) is 44.4 Å². The van der Waals surface area contributed by atoms with Crippen molar-refractivity contribution >= 4 is 22.9 Å². The van der Waals surface area contributed by atoms with E-state index in [1.54, 1.807) is 0 Å². The maximum atomic E-state index is 5.86. The molecular formula is C14H18N2OS. The van der Waals surface area contributed by atoms with Gasteiger partial charge >= 0.3 is 0 Å². The maximum Gasteiger partial charge on any atom is 0.106 e. The van der Waals surface area contributed by atoms with Gasteiger partial charge in [-0.3, -0.25) is 0 Å². The van der Waals surface area contributed by atoms with E-state index in [0.717, 1.165) is 24.1 Å². The van der Waals surface area contributed by atoms with Crippen molar-refractivity contribution < 1.29 is 4.74 Å². The molecule has 0 spiro atoms. The standard InChI is InChI=1S/C14H18N2OS/c1-8-2-4-10(14(15)18)11(6-8)16-12-7-9-3-5-13(12)17-9/h2,4,6,9,12-13,16H,3,5,7H2,1H3,(H2,15,18). The number of ether oxygens (including phenoxy) is 1. The van der Waals surface area contributed by atoms with E-state index in [9.17, 15) is 0 Å². The highest BCUT2D eigenvalue weighted by atomic mass is 32.1. The molecule has 3 N–H and O–H groups in total. The Morgan fingerprint density at radius 3 is 2.89 bits per heavy atom. The van der Waals surface area contributed by atoms with E-state index >= 15 is 0 Å². The third kappa shape index (κ3) is 2.10. The Bertz CT molecular complexity index is 489. The number of benzene rings is 1. The number of nitrogens with two attached hydrogens (primary N) is 1. The summed E-state index contributed by atoms with van der Waals surface area (Å²) < 4.78 is 5.86. The molecule has 3 unspecified atom stereocenters. The Labute approximate surface area is 113 Å². The Morgan fingerprint density at radius 2 is 2.28 bits per heavy atom. The zero-order chi connectivity index (χ0) is 12.7. The van der Waals surface area contributed by atoms with Gasteiger partial charge in [-0.15, -0.1) is 0 Å². The molecule has 18 heavy (non-hydrogen) atoms. The number of hydrogen-bond donors (Lipinski definition) is 2. The van der Waals surface area contributed by atoms with Crippen LogP contribution in [0.5, 0.6) is 0 Å². The predicted molar refractivity (Wildman–Crippen MR) is 77.0 cm³/mol. The van der Waals surface area contributed by atoms with Crippen LogP contribution in [-0.4, -0.2) is 23.2 Å². The van der Waals surface area contributed by atoms with Crippen LogP contribution in [0.1, 0.15) is 30.4 Å². The summed E-state index contributed by atoms with van der Waals surface area (Å²) in [5.41, 5.74) is 8.96. The molecule has 96 valence electrons. The zero-order valence-electron chi connectivity index (χ0n) is 10.5. The van der Waals surface area contributed by atoms with Crippen molar-refractivity contribution in [2.24, 2.45) is 5.73 Å². The van der Waals surface area contributed by atoms with Crippen molar-refractivity contribution in [1.29, 1.82) is 0 Å². The molecular weight excluding hydrogens is 244 g/mol. The number of aryl methyl sites for hydroxylation is 1. The van der Waals surface area contributed by atoms with Crippen molar-refractivity contribution in [1.82, 2.24) is 0 Å². The van der Waals surface area contributed by atoms with Gasteiger partial charge in [0.1, 0.15) is 4.99 Å². The molecule has 2 saturated heterocycles. The Hall–Kier alpha value is -1.13. The minimum Gasteiger partial charge on any atom is -0.389 e. The van der Waals surface area contributed by atoms with Crippen LogP contribution in [0.15, 0.2) is 18.2 Å². The normalized spacial score (nSPS) is 29.5. The Balaban J connectivity index is 1.83. The second kappa shape index (κ2) is 4.52. The first kappa shape index (κ1) is 11.9. The number of rotatable bonds is 3. The lowest BCUT2D eigenvalue weighted by atomic mass is 9.95. The first-order valence-electron chi connectivity index (χ1n) is 6.46. The third-order valence-electron chi connectivity index (χ3n) is 3.89. The van der Waals surface area contributed by atoms with Gasteiger partial charge in [0.2, 0.25) is 0 Å². The molecule has 4 heteroatoms. The minimum absolute atomic E-state index is 0.356. The van der Waals surface area contributed by atoms with E-state index in [-0.39, 0.29) is 0 Å². The second-order valence-corrected chi connectivity index (χ2v) is 5.71. The highest BCUT2D eigenvalue weighted by Gasteiger charge is 2.40. The van der Waals surface area contributed by atoms with Crippen molar-refractivity contribution in [2.75, 3.05) is 5.32 Å². The Morgan fingerprint density at radius 1 is 1.44 bits per heavy atom. The fourth-order valence-electron chi connectivity index (χ4n) is 2.98.